The van der Waals surface area contributed by atoms with Gasteiger partial charge in [-0.3, -0.25) is 14.9 Å². The summed E-state index contributed by atoms with van der Waals surface area (Å²) < 4.78 is 1.72. The molecule has 0 saturated carbocycles. The number of para-hydroxylation sites is 1. The number of H-pyrrole nitrogens is 1. The number of aryl methyl sites for hydroxylation is 1. The summed E-state index contributed by atoms with van der Waals surface area (Å²) in [5, 5.41) is 16.6. The highest BCUT2D eigenvalue weighted by Crippen LogP contribution is 2.24. The molecule has 146 valence electrons. The van der Waals surface area contributed by atoms with E-state index in [-0.39, 0.29) is 22.7 Å². The van der Waals surface area contributed by atoms with E-state index in [2.05, 4.69) is 20.1 Å². The first-order valence-corrected chi connectivity index (χ1v) is 9.12. The molecular formula is C21H14N6O3. The van der Waals surface area contributed by atoms with Gasteiger partial charge in [0.15, 0.2) is 11.3 Å². The molecule has 30 heavy (non-hydrogen) atoms. The molecule has 0 fully saturated rings. The lowest BCUT2D eigenvalue weighted by atomic mass is 10.2. The molecule has 0 unspecified atom stereocenters. The number of nitrogens with one attached hydrogen (secondary N) is 1. The largest absolute Gasteiger partial charge is 0.306 e. The Morgan fingerprint density at radius 1 is 1.00 bits per heavy atom. The Morgan fingerprint density at radius 3 is 2.43 bits per heavy atom. The second-order valence-corrected chi connectivity index (χ2v) is 6.78. The van der Waals surface area contributed by atoms with Crippen molar-refractivity contribution in [3.8, 4) is 17.1 Å². The molecule has 5 rings (SSSR count). The highest BCUT2D eigenvalue weighted by atomic mass is 16.6. The van der Waals surface area contributed by atoms with E-state index in [9.17, 15) is 14.9 Å². The van der Waals surface area contributed by atoms with E-state index in [0.29, 0.717) is 16.6 Å². The first kappa shape index (κ1) is 17.7. The van der Waals surface area contributed by atoms with Crippen molar-refractivity contribution in [2.45, 2.75) is 6.92 Å². The van der Waals surface area contributed by atoms with Crippen LogP contribution in [0.5, 0.6) is 0 Å². The smallest absolute Gasteiger partial charge is 0.269 e. The molecule has 1 N–H and O–H groups in total. The van der Waals surface area contributed by atoms with Gasteiger partial charge in [0.25, 0.3) is 11.2 Å². The predicted octanol–water partition coefficient (Wildman–Crippen LogP) is 3.54. The van der Waals surface area contributed by atoms with E-state index >= 15 is 0 Å². The molecule has 5 aromatic rings. The van der Waals surface area contributed by atoms with Gasteiger partial charge in [-0.25, -0.2) is 14.6 Å². The van der Waals surface area contributed by atoms with Crippen LogP contribution in [-0.4, -0.2) is 29.7 Å². The molecule has 9 nitrogen and oxygen atoms in total. The summed E-state index contributed by atoms with van der Waals surface area (Å²) in [6.07, 6.45) is 0. The minimum absolute atomic E-state index is 0.0380. The fraction of sp³-hybridized carbons (Fsp3) is 0.0476. The predicted molar refractivity (Wildman–Crippen MR) is 112 cm³/mol. The SMILES string of the molecule is Cc1nn(-c2ccccc2)c2nc3nc(-c4ccc([N+](=O)[O-])cc4)[nH]c(=O)c3cc12. The normalized spacial score (nSPS) is 11.2. The van der Waals surface area contributed by atoms with Crippen LogP contribution in [0.2, 0.25) is 0 Å². The number of nitro groups is 1. The van der Waals surface area contributed by atoms with Crippen molar-refractivity contribution in [1.29, 1.82) is 0 Å². The summed E-state index contributed by atoms with van der Waals surface area (Å²) in [7, 11) is 0. The van der Waals surface area contributed by atoms with Gasteiger partial charge in [0.05, 0.1) is 21.7 Å². The molecule has 0 saturated heterocycles. The summed E-state index contributed by atoms with van der Waals surface area (Å²) in [4.78, 5) is 35.0. The van der Waals surface area contributed by atoms with Gasteiger partial charge in [-0.2, -0.15) is 5.10 Å². The average Bonchev–Trinajstić information content (AvgIpc) is 3.09. The first-order valence-electron chi connectivity index (χ1n) is 9.12. The number of aromatic nitrogens is 5. The maximum Gasteiger partial charge on any atom is 0.269 e. The lowest BCUT2D eigenvalue weighted by Gasteiger charge is -2.05. The van der Waals surface area contributed by atoms with Gasteiger partial charge >= 0.3 is 0 Å². The topological polar surface area (TPSA) is 120 Å². The fourth-order valence-corrected chi connectivity index (χ4v) is 3.36. The van der Waals surface area contributed by atoms with Crippen LogP contribution in [-0.2, 0) is 0 Å². The lowest BCUT2D eigenvalue weighted by Crippen LogP contribution is -2.11. The van der Waals surface area contributed by atoms with Crippen LogP contribution in [0.3, 0.4) is 0 Å². The second kappa shape index (κ2) is 6.59. The highest BCUT2D eigenvalue weighted by molar-refractivity contribution is 5.91. The van der Waals surface area contributed by atoms with Gasteiger partial charge in [0.2, 0.25) is 0 Å². The summed E-state index contributed by atoms with van der Waals surface area (Å²) in [5.74, 6) is 0.289. The maximum atomic E-state index is 12.7. The average molecular weight is 398 g/mol. The Balaban J connectivity index is 1.73. The number of pyridine rings is 1. The van der Waals surface area contributed by atoms with Crippen molar-refractivity contribution in [2.75, 3.05) is 0 Å². The Bertz CT molecular complexity index is 1490. The van der Waals surface area contributed by atoms with Crippen molar-refractivity contribution < 1.29 is 4.92 Å². The highest BCUT2D eigenvalue weighted by Gasteiger charge is 2.15. The third-order valence-corrected chi connectivity index (χ3v) is 4.87. The minimum atomic E-state index is -0.480. The monoisotopic (exact) mass is 398 g/mol. The van der Waals surface area contributed by atoms with Crippen LogP contribution in [0.1, 0.15) is 5.69 Å². The lowest BCUT2D eigenvalue weighted by molar-refractivity contribution is -0.384. The van der Waals surface area contributed by atoms with Gasteiger partial charge < -0.3 is 4.98 Å². The Labute approximate surface area is 168 Å². The zero-order chi connectivity index (χ0) is 20.8. The van der Waals surface area contributed by atoms with E-state index in [1.807, 2.05) is 37.3 Å². The van der Waals surface area contributed by atoms with E-state index in [4.69, 9.17) is 0 Å². The van der Waals surface area contributed by atoms with Crippen LogP contribution in [0.15, 0.2) is 65.5 Å². The van der Waals surface area contributed by atoms with Gasteiger partial charge in [0.1, 0.15) is 5.82 Å². The molecule has 0 atom stereocenters. The molecule has 0 amide bonds. The standard InChI is InChI=1S/C21H14N6O3/c1-12-16-11-17-19(23-20(16)26(25-12)14-5-3-2-4-6-14)22-18(24-21(17)28)13-7-9-15(10-8-13)27(29)30/h2-11H,1H3,(H,22,23,24,28). The molecule has 0 aliphatic carbocycles. The summed E-state index contributed by atoms with van der Waals surface area (Å²) >= 11 is 0. The van der Waals surface area contributed by atoms with E-state index in [1.165, 1.54) is 12.1 Å². The summed E-state index contributed by atoms with van der Waals surface area (Å²) in [5.41, 5.74) is 2.65. The molecule has 0 spiro atoms. The molecule has 0 aliphatic rings. The number of fused-ring (bicyclic) bond motifs is 2. The Morgan fingerprint density at radius 2 is 1.73 bits per heavy atom. The van der Waals surface area contributed by atoms with Crippen molar-refractivity contribution in [3.63, 3.8) is 0 Å². The second-order valence-electron chi connectivity index (χ2n) is 6.78. The van der Waals surface area contributed by atoms with Crippen molar-refractivity contribution >= 4 is 27.8 Å². The molecule has 9 heteroatoms. The quantitative estimate of drug-likeness (QED) is 0.367. The Hall–Kier alpha value is -4.40. The Kier molecular flexibility index (Phi) is 3.88. The zero-order valence-electron chi connectivity index (χ0n) is 15.7. The third-order valence-electron chi connectivity index (χ3n) is 4.87. The zero-order valence-corrected chi connectivity index (χ0v) is 15.7. The van der Waals surface area contributed by atoms with Gasteiger partial charge in [-0.1, -0.05) is 18.2 Å². The summed E-state index contributed by atoms with van der Waals surface area (Å²) in [6.45, 7) is 1.86. The number of hydrogen-bond donors (Lipinski definition) is 1. The van der Waals surface area contributed by atoms with Crippen LogP contribution >= 0.6 is 0 Å². The maximum absolute atomic E-state index is 12.7. The number of benzene rings is 2. The molecule has 0 radical (unpaired) electrons. The minimum Gasteiger partial charge on any atom is -0.306 e. The number of rotatable bonds is 3. The summed E-state index contributed by atoms with van der Waals surface area (Å²) in [6, 6.07) is 17.1. The molecule has 0 aliphatic heterocycles. The third kappa shape index (κ3) is 2.80. The number of aromatic amines is 1. The van der Waals surface area contributed by atoms with Crippen molar-refractivity contribution in [2.24, 2.45) is 0 Å². The van der Waals surface area contributed by atoms with E-state index in [0.717, 1.165) is 16.8 Å². The van der Waals surface area contributed by atoms with Crippen molar-refractivity contribution in [3.05, 3.63) is 86.8 Å². The van der Waals surface area contributed by atoms with E-state index in [1.54, 1.807) is 22.9 Å². The van der Waals surface area contributed by atoms with E-state index < -0.39 is 4.92 Å². The van der Waals surface area contributed by atoms with Crippen molar-refractivity contribution in [1.82, 2.24) is 24.7 Å². The van der Waals surface area contributed by atoms with Crippen LogP contribution < -0.4 is 5.56 Å². The molecule has 0 bridgehead atoms. The number of nitrogens with zero attached hydrogens (tertiary/aromatic N) is 5. The number of hydrogen-bond acceptors (Lipinski definition) is 6. The van der Waals surface area contributed by atoms with Crippen LogP contribution in [0.4, 0.5) is 5.69 Å². The van der Waals surface area contributed by atoms with Gasteiger partial charge in [-0.05, 0) is 37.3 Å². The molecule has 3 aromatic heterocycles. The van der Waals surface area contributed by atoms with Gasteiger partial charge in [0, 0.05) is 23.1 Å². The molecule has 2 aromatic carbocycles. The molecular weight excluding hydrogens is 384 g/mol. The fourth-order valence-electron chi connectivity index (χ4n) is 3.36. The number of nitro benzene ring substituents is 1. The number of non-ortho nitro benzene ring substituents is 1. The van der Waals surface area contributed by atoms with Crippen LogP contribution in [0.25, 0.3) is 39.1 Å². The molecule has 3 heterocycles. The van der Waals surface area contributed by atoms with Gasteiger partial charge in [-0.15, -0.1) is 0 Å². The first-order chi connectivity index (χ1) is 14.5. The van der Waals surface area contributed by atoms with Crippen LogP contribution in [0, 0.1) is 17.0 Å².